The van der Waals surface area contributed by atoms with Crippen LogP contribution in [0.1, 0.15) is 30.9 Å². The van der Waals surface area contributed by atoms with E-state index in [-0.39, 0.29) is 18.4 Å². The summed E-state index contributed by atoms with van der Waals surface area (Å²) in [5.74, 6) is -9.88. The Hall–Kier alpha value is -1.66. The van der Waals surface area contributed by atoms with Crippen LogP contribution in [0, 0.1) is 35.0 Å². The lowest BCUT2D eigenvalue weighted by atomic mass is 9.89. The van der Waals surface area contributed by atoms with Crippen LogP contribution in [0.4, 0.5) is 22.0 Å². The van der Waals surface area contributed by atoms with E-state index >= 15 is 0 Å². The van der Waals surface area contributed by atoms with Crippen LogP contribution in [0.2, 0.25) is 5.02 Å². The molecule has 0 fully saturated rings. The summed E-state index contributed by atoms with van der Waals surface area (Å²) in [4.78, 5) is 0. The van der Waals surface area contributed by atoms with Gasteiger partial charge in [-0.05, 0) is 23.6 Å². The quantitative estimate of drug-likeness (QED) is 0.341. The van der Waals surface area contributed by atoms with E-state index in [0.29, 0.717) is 5.02 Å². The third-order valence-electron chi connectivity index (χ3n) is 3.95. The first-order chi connectivity index (χ1) is 11.7. The van der Waals surface area contributed by atoms with Crippen molar-refractivity contribution in [3.8, 4) is 0 Å². The molecule has 0 amide bonds. The zero-order valence-corrected chi connectivity index (χ0v) is 14.3. The summed E-state index contributed by atoms with van der Waals surface area (Å²) in [5.41, 5.74) is -0.0770. The fourth-order valence-corrected chi connectivity index (χ4v) is 2.57. The molecule has 1 nitrogen and oxygen atoms in total. The Morgan fingerprint density at radius 1 is 0.840 bits per heavy atom. The second-order valence-electron chi connectivity index (χ2n) is 5.97. The summed E-state index contributed by atoms with van der Waals surface area (Å²) in [6.45, 7) is 3.20. The summed E-state index contributed by atoms with van der Waals surface area (Å²) < 4.78 is 72.0. The van der Waals surface area contributed by atoms with Gasteiger partial charge in [0.25, 0.3) is 0 Å². The topological polar surface area (TPSA) is 9.23 Å². The highest BCUT2D eigenvalue weighted by molar-refractivity contribution is 6.30. The molecule has 136 valence electrons. The predicted octanol–water partition coefficient (Wildman–Crippen LogP) is 5.99. The Labute approximate surface area is 147 Å². The van der Waals surface area contributed by atoms with Crippen LogP contribution >= 0.6 is 11.6 Å². The van der Waals surface area contributed by atoms with Gasteiger partial charge >= 0.3 is 0 Å². The molecule has 25 heavy (non-hydrogen) atoms. The number of benzene rings is 2. The van der Waals surface area contributed by atoms with Crippen LogP contribution in [0.3, 0.4) is 0 Å². The van der Waals surface area contributed by atoms with Gasteiger partial charge in [-0.15, -0.1) is 0 Å². The molecule has 7 heteroatoms. The Kier molecular flexibility index (Phi) is 6.41. The molecular formula is C18H16ClF5O. The number of rotatable bonds is 6. The molecule has 0 spiro atoms. The predicted molar refractivity (Wildman–Crippen MR) is 84.9 cm³/mol. The van der Waals surface area contributed by atoms with Crippen LogP contribution in [0.5, 0.6) is 0 Å². The standard InChI is InChI=1S/C18H16ClF5O/c1-9(2)12(10-3-5-11(19)6-4-10)7-25-8-13-14(20)16(22)18(24)17(23)15(13)21/h3-6,9,12H,7-8H2,1-2H3. The summed E-state index contributed by atoms with van der Waals surface area (Å²) in [7, 11) is 0. The zero-order valence-electron chi connectivity index (χ0n) is 13.6. The van der Waals surface area contributed by atoms with Crippen LogP contribution in [0.25, 0.3) is 0 Å². The highest BCUT2D eigenvalue weighted by atomic mass is 35.5. The average Bonchev–Trinajstić information content (AvgIpc) is 2.58. The Morgan fingerprint density at radius 2 is 1.32 bits per heavy atom. The lowest BCUT2D eigenvalue weighted by molar-refractivity contribution is 0.0903. The van der Waals surface area contributed by atoms with Gasteiger partial charge in [-0.2, -0.15) is 0 Å². The Morgan fingerprint density at radius 3 is 1.80 bits per heavy atom. The summed E-state index contributed by atoms with van der Waals surface area (Å²) in [6, 6.07) is 7.01. The average molecular weight is 379 g/mol. The van der Waals surface area contributed by atoms with Crippen molar-refractivity contribution in [2.75, 3.05) is 6.61 Å². The third kappa shape index (κ3) is 4.30. The molecule has 1 atom stereocenters. The smallest absolute Gasteiger partial charge is 0.200 e. The molecule has 0 N–H and O–H groups in total. The second kappa shape index (κ2) is 8.15. The summed E-state index contributed by atoms with van der Waals surface area (Å²) in [5, 5.41) is 0.563. The van der Waals surface area contributed by atoms with Crippen LogP contribution in [0.15, 0.2) is 24.3 Å². The van der Waals surface area contributed by atoms with Crippen molar-refractivity contribution in [2.45, 2.75) is 26.4 Å². The van der Waals surface area contributed by atoms with Gasteiger partial charge in [0.2, 0.25) is 5.82 Å². The fourth-order valence-electron chi connectivity index (χ4n) is 2.45. The molecule has 0 aromatic heterocycles. The highest BCUT2D eigenvalue weighted by Gasteiger charge is 2.26. The molecule has 0 saturated heterocycles. The number of hydrogen-bond donors (Lipinski definition) is 0. The molecule has 2 aromatic carbocycles. The molecule has 0 bridgehead atoms. The molecule has 1 unspecified atom stereocenters. The van der Waals surface area contributed by atoms with E-state index in [9.17, 15) is 22.0 Å². The van der Waals surface area contributed by atoms with E-state index in [1.54, 1.807) is 24.3 Å². The van der Waals surface area contributed by atoms with Crippen molar-refractivity contribution in [3.63, 3.8) is 0 Å². The van der Waals surface area contributed by atoms with Crippen molar-refractivity contribution in [2.24, 2.45) is 5.92 Å². The molecule has 2 rings (SSSR count). The van der Waals surface area contributed by atoms with Crippen LogP contribution in [-0.2, 0) is 11.3 Å². The zero-order chi connectivity index (χ0) is 18.7. The molecule has 0 radical (unpaired) electrons. The molecule has 2 aromatic rings. The van der Waals surface area contributed by atoms with Crippen molar-refractivity contribution in [1.29, 1.82) is 0 Å². The van der Waals surface area contributed by atoms with Crippen molar-refractivity contribution in [1.82, 2.24) is 0 Å². The van der Waals surface area contributed by atoms with Gasteiger partial charge in [-0.1, -0.05) is 37.6 Å². The normalized spacial score (nSPS) is 12.7. The van der Waals surface area contributed by atoms with E-state index in [2.05, 4.69) is 0 Å². The van der Waals surface area contributed by atoms with E-state index in [0.717, 1.165) is 5.56 Å². The maximum atomic E-state index is 13.6. The summed E-state index contributed by atoms with van der Waals surface area (Å²) >= 11 is 5.84. The van der Waals surface area contributed by atoms with Gasteiger partial charge in [0.15, 0.2) is 23.3 Å². The first-order valence-electron chi connectivity index (χ1n) is 7.57. The maximum Gasteiger partial charge on any atom is 0.200 e. The van der Waals surface area contributed by atoms with Crippen molar-refractivity contribution < 1.29 is 26.7 Å². The van der Waals surface area contributed by atoms with Gasteiger partial charge in [0, 0.05) is 10.9 Å². The molecule has 0 aliphatic heterocycles. The molecule has 0 aliphatic carbocycles. The third-order valence-corrected chi connectivity index (χ3v) is 4.20. The molecule has 0 aliphatic rings. The van der Waals surface area contributed by atoms with Gasteiger partial charge in [-0.3, -0.25) is 0 Å². The van der Waals surface area contributed by atoms with Gasteiger partial charge in [-0.25, -0.2) is 22.0 Å². The van der Waals surface area contributed by atoms with Gasteiger partial charge < -0.3 is 4.74 Å². The van der Waals surface area contributed by atoms with Crippen molar-refractivity contribution >= 4 is 11.6 Å². The van der Waals surface area contributed by atoms with Crippen LogP contribution < -0.4 is 0 Å². The Bertz CT molecular complexity index is 717. The minimum Gasteiger partial charge on any atom is -0.376 e. The Balaban J connectivity index is 2.14. The largest absolute Gasteiger partial charge is 0.376 e. The maximum absolute atomic E-state index is 13.6. The van der Waals surface area contributed by atoms with E-state index in [1.165, 1.54) is 0 Å². The van der Waals surface area contributed by atoms with Gasteiger partial charge in [0.1, 0.15) is 0 Å². The fraction of sp³-hybridized carbons (Fsp3) is 0.333. The van der Waals surface area contributed by atoms with Gasteiger partial charge in [0.05, 0.1) is 18.8 Å². The second-order valence-corrected chi connectivity index (χ2v) is 6.40. The number of halogens is 6. The lowest BCUT2D eigenvalue weighted by Gasteiger charge is -2.21. The van der Waals surface area contributed by atoms with Crippen LogP contribution in [-0.4, -0.2) is 6.61 Å². The first-order valence-corrected chi connectivity index (χ1v) is 7.95. The lowest BCUT2D eigenvalue weighted by Crippen LogP contribution is -2.15. The van der Waals surface area contributed by atoms with E-state index in [4.69, 9.17) is 16.3 Å². The van der Waals surface area contributed by atoms with E-state index in [1.807, 2.05) is 13.8 Å². The first kappa shape index (κ1) is 19.7. The highest BCUT2D eigenvalue weighted by Crippen LogP contribution is 2.28. The van der Waals surface area contributed by atoms with Crippen molar-refractivity contribution in [3.05, 3.63) is 69.5 Å². The molecule has 0 heterocycles. The summed E-state index contributed by atoms with van der Waals surface area (Å²) in [6.07, 6.45) is 0. The monoisotopic (exact) mass is 378 g/mol. The SMILES string of the molecule is CC(C)C(COCc1c(F)c(F)c(F)c(F)c1F)c1ccc(Cl)cc1. The molecule has 0 saturated carbocycles. The minimum absolute atomic E-state index is 0.0544. The number of hydrogen-bond acceptors (Lipinski definition) is 1. The van der Waals surface area contributed by atoms with E-state index < -0.39 is 41.3 Å². The molecular weight excluding hydrogens is 363 g/mol. The minimum atomic E-state index is -2.18. The number of ether oxygens (including phenoxy) is 1.